The van der Waals surface area contributed by atoms with Crippen LogP contribution in [0.5, 0.6) is 11.5 Å². The molecule has 1 aliphatic rings. The predicted molar refractivity (Wildman–Crippen MR) is 134 cm³/mol. The quantitative estimate of drug-likeness (QED) is 0.482. The number of ketones is 1. The van der Waals surface area contributed by atoms with E-state index in [1.54, 1.807) is 14.2 Å². The van der Waals surface area contributed by atoms with E-state index in [0.717, 1.165) is 35.1 Å². The fourth-order valence-corrected chi connectivity index (χ4v) is 3.89. The largest absolute Gasteiger partial charge is 0.497 e. The lowest BCUT2D eigenvalue weighted by Crippen LogP contribution is -2.16. The van der Waals surface area contributed by atoms with Gasteiger partial charge in [-0.15, -0.1) is 0 Å². The van der Waals surface area contributed by atoms with Crippen LogP contribution in [0.2, 0.25) is 0 Å². The summed E-state index contributed by atoms with van der Waals surface area (Å²) >= 11 is 0. The SMILES string of the molecule is COc1cc(/C=C2\CC/C(=C\c3cc(C(C)(C)C)cc(C(C)(C)C)c3)C2=O)cc(OC)c1. The molecule has 2 aromatic rings. The van der Waals surface area contributed by atoms with Crippen molar-refractivity contribution in [2.75, 3.05) is 14.2 Å². The van der Waals surface area contributed by atoms with Gasteiger partial charge in [0.25, 0.3) is 0 Å². The molecule has 170 valence electrons. The predicted octanol–water partition coefficient (Wildman–Crippen LogP) is 7.13. The molecule has 0 radical (unpaired) electrons. The summed E-state index contributed by atoms with van der Waals surface area (Å²) in [4.78, 5) is 13.2. The van der Waals surface area contributed by atoms with Gasteiger partial charge in [0.15, 0.2) is 5.78 Å². The summed E-state index contributed by atoms with van der Waals surface area (Å²) in [6.45, 7) is 13.4. The van der Waals surface area contributed by atoms with Crippen LogP contribution in [0, 0.1) is 0 Å². The number of carbonyl (C=O) groups is 1. The van der Waals surface area contributed by atoms with Crippen molar-refractivity contribution >= 4 is 17.9 Å². The number of carbonyl (C=O) groups excluding carboxylic acids is 1. The minimum Gasteiger partial charge on any atom is -0.497 e. The van der Waals surface area contributed by atoms with E-state index >= 15 is 0 Å². The maximum Gasteiger partial charge on any atom is 0.185 e. The van der Waals surface area contributed by atoms with Crippen LogP contribution in [0.1, 0.15) is 76.6 Å². The fraction of sp³-hybridized carbons (Fsp3) is 0.414. The molecule has 2 aromatic carbocycles. The van der Waals surface area contributed by atoms with Crippen LogP contribution in [-0.2, 0) is 15.6 Å². The lowest BCUT2D eigenvalue weighted by atomic mass is 9.79. The topological polar surface area (TPSA) is 35.5 Å². The molecule has 0 saturated heterocycles. The molecule has 0 atom stereocenters. The van der Waals surface area contributed by atoms with Crippen molar-refractivity contribution in [2.45, 2.75) is 65.2 Å². The van der Waals surface area contributed by atoms with Gasteiger partial charge in [0.1, 0.15) is 11.5 Å². The highest BCUT2D eigenvalue weighted by atomic mass is 16.5. The molecule has 0 bridgehead atoms. The van der Waals surface area contributed by atoms with Gasteiger partial charge in [-0.05, 0) is 70.2 Å². The molecule has 0 aliphatic heterocycles. The Bertz CT molecular complexity index is 1020. The van der Waals surface area contributed by atoms with Crippen molar-refractivity contribution in [1.29, 1.82) is 0 Å². The second-order valence-electron chi connectivity index (χ2n) is 10.7. The fourth-order valence-electron chi connectivity index (χ4n) is 3.89. The number of allylic oxidation sites excluding steroid dienone is 2. The van der Waals surface area contributed by atoms with Gasteiger partial charge >= 0.3 is 0 Å². The second-order valence-corrected chi connectivity index (χ2v) is 10.7. The Hall–Kier alpha value is -2.81. The molecule has 0 unspecified atom stereocenters. The number of rotatable bonds is 4. The second kappa shape index (κ2) is 8.97. The van der Waals surface area contributed by atoms with E-state index in [0.29, 0.717) is 11.5 Å². The van der Waals surface area contributed by atoms with E-state index in [1.807, 2.05) is 24.3 Å². The van der Waals surface area contributed by atoms with Crippen molar-refractivity contribution in [2.24, 2.45) is 0 Å². The highest BCUT2D eigenvalue weighted by molar-refractivity contribution is 6.15. The van der Waals surface area contributed by atoms with Gasteiger partial charge < -0.3 is 9.47 Å². The number of hydrogen-bond donors (Lipinski definition) is 0. The Morgan fingerprint density at radius 3 is 1.44 bits per heavy atom. The van der Waals surface area contributed by atoms with Gasteiger partial charge in [-0.3, -0.25) is 4.79 Å². The third-order valence-electron chi connectivity index (χ3n) is 5.99. The third kappa shape index (κ3) is 5.51. The number of benzene rings is 2. The minimum absolute atomic E-state index is 0.0463. The van der Waals surface area contributed by atoms with Crippen LogP contribution in [-0.4, -0.2) is 20.0 Å². The third-order valence-corrected chi connectivity index (χ3v) is 5.99. The minimum atomic E-state index is 0.0463. The Kier molecular flexibility index (Phi) is 6.69. The zero-order valence-electron chi connectivity index (χ0n) is 20.8. The van der Waals surface area contributed by atoms with Crippen LogP contribution in [0.4, 0.5) is 0 Å². The van der Waals surface area contributed by atoms with Gasteiger partial charge in [-0.2, -0.15) is 0 Å². The van der Waals surface area contributed by atoms with Crippen LogP contribution < -0.4 is 9.47 Å². The first-order valence-corrected chi connectivity index (χ1v) is 11.3. The summed E-state index contributed by atoms with van der Waals surface area (Å²) in [5.74, 6) is 1.56. The van der Waals surface area contributed by atoms with E-state index in [1.165, 1.54) is 11.1 Å². The average molecular weight is 433 g/mol. The van der Waals surface area contributed by atoms with Crippen molar-refractivity contribution in [3.8, 4) is 11.5 Å². The van der Waals surface area contributed by atoms with Crippen molar-refractivity contribution in [1.82, 2.24) is 0 Å². The van der Waals surface area contributed by atoms with Gasteiger partial charge in [0, 0.05) is 17.2 Å². The average Bonchev–Trinajstić information content (AvgIpc) is 3.05. The Morgan fingerprint density at radius 2 is 1.06 bits per heavy atom. The molecule has 3 heteroatoms. The molecule has 3 nitrogen and oxygen atoms in total. The van der Waals surface area contributed by atoms with E-state index in [2.05, 4.69) is 65.8 Å². The molecule has 0 spiro atoms. The highest BCUT2D eigenvalue weighted by Gasteiger charge is 2.24. The molecule has 0 aromatic heterocycles. The summed E-state index contributed by atoms with van der Waals surface area (Å²) in [7, 11) is 3.26. The number of hydrogen-bond acceptors (Lipinski definition) is 3. The van der Waals surface area contributed by atoms with E-state index in [9.17, 15) is 4.79 Å². The molecule has 0 amide bonds. The molecule has 32 heavy (non-hydrogen) atoms. The summed E-state index contributed by atoms with van der Waals surface area (Å²) in [5.41, 5.74) is 6.40. The van der Waals surface area contributed by atoms with Gasteiger partial charge in [0.05, 0.1) is 14.2 Å². The summed E-state index contributed by atoms with van der Waals surface area (Å²) in [6, 6.07) is 12.4. The first kappa shape index (κ1) is 23.8. The maximum atomic E-state index is 13.2. The van der Waals surface area contributed by atoms with Crippen LogP contribution in [0.15, 0.2) is 47.5 Å². The van der Waals surface area contributed by atoms with Crippen LogP contribution in [0.3, 0.4) is 0 Å². The first-order valence-electron chi connectivity index (χ1n) is 11.3. The summed E-state index contributed by atoms with van der Waals surface area (Å²) < 4.78 is 10.7. The highest BCUT2D eigenvalue weighted by Crippen LogP contribution is 2.34. The van der Waals surface area contributed by atoms with Gasteiger partial charge in [-0.25, -0.2) is 0 Å². The Balaban J connectivity index is 1.97. The molecular formula is C29H36O3. The number of Topliss-reactive ketones (excluding diaryl/α,β-unsaturated/α-hetero) is 1. The molecule has 1 aliphatic carbocycles. The van der Waals surface area contributed by atoms with E-state index < -0.39 is 0 Å². The maximum absolute atomic E-state index is 13.2. The van der Waals surface area contributed by atoms with Crippen molar-refractivity contribution < 1.29 is 14.3 Å². The van der Waals surface area contributed by atoms with Crippen LogP contribution in [0.25, 0.3) is 12.2 Å². The monoisotopic (exact) mass is 432 g/mol. The summed E-state index contributed by atoms with van der Waals surface area (Å²) in [5, 5.41) is 0. The Morgan fingerprint density at radius 1 is 0.656 bits per heavy atom. The standard InChI is InChI=1S/C29H36O3/c1-28(2,3)23-13-19(14-24(17-23)29(4,5)6)11-21-9-10-22(27(21)30)12-20-15-25(31-7)18-26(16-20)32-8/h11-18H,9-10H2,1-8H3/b21-11+,22-12+. The molecule has 0 N–H and O–H groups in total. The number of methoxy groups -OCH3 is 2. The molecule has 3 rings (SSSR count). The zero-order valence-corrected chi connectivity index (χ0v) is 20.8. The van der Waals surface area contributed by atoms with E-state index in [-0.39, 0.29) is 16.6 Å². The van der Waals surface area contributed by atoms with E-state index in [4.69, 9.17) is 9.47 Å². The number of ether oxygens (including phenoxy) is 2. The smallest absolute Gasteiger partial charge is 0.185 e. The van der Waals surface area contributed by atoms with Crippen molar-refractivity contribution in [3.05, 3.63) is 69.8 Å². The zero-order chi connectivity index (χ0) is 23.7. The molecule has 0 heterocycles. The van der Waals surface area contributed by atoms with Gasteiger partial charge in [-0.1, -0.05) is 59.7 Å². The first-order chi connectivity index (χ1) is 14.9. The Labute approximate surface area is 193 Å². The van der Waals surface area contributed by atoms with Gasteiger partial charge in [0.2, 0.25) is 0 Å². The summed E-state index contributed by atoms with van der Waals surface area (Å²) in [6.07, 6.45) is 5.55. The molecular weight excluding hydrogens is 396 g/mol. The molecule has 1 fully saturated rings. The lowest BCUT2D eigenvalue weighted by molar-refractivity contribution is -0.111. The lowest BCUT2D eigenvalue weighted by Gasteiger charge is -2.26. The normalized spacial score (nSPS) is 17.3. The van der Waals surface area contributed by atoms with Crippen LogP contribution >= 0.6 is 0 Å². The van der Waals surface area contributed by atoms with Crippen molar-refractivity contribution in [3.63, 3.8) is 0 Å². The molecule has 1 saturated carbocycles.